The molecule has 0 aromatic heterocycles. The van der Waals surface area contributed by atoms with Crippen molar-refractivity contribution in [2.45, 2.75) is 59.3 Å². The second-order valence-corrected chi connectivity index (χ2v) is 3.21. The normalized spacial score (nSPS) is 13.5. The third-order valence-electron chi connectivity index (χ3n) is 2.24. The Morgan fingerprint density at radius 1 is 0.900 bits per heavy atom. The highest BCUT2D eigenvalue weighted by molar-refractivity contribution is 4.55. The highest BCUT2D eigenvalue weighted by Gasteiger charge is 2.02. The van der Waals surface area contributed by atoms with Gasteiger partial charge in [0.25, 0.3) is 0 Å². The van der Waals surface area contributed by atoms with Crippen molar-refractivity contribution >= 4 is 0 Å². The Morgan fingerprint density at radius 3 is 2.00 bits per heavy atom. The zero-order valence-electron chi connectivity index (χ0n) is 7.82. The predicted molar refractivity (Wildman–Crippen MR) is 48.2 cm³/mol. The van der Waals surface area contributed by atoms with Gasteiger partial charge in [0, 0.05) is 0 Å². The summed E-state index contributed by atoms with van der Waals surface area (Å²) in [6.45, 7) is 6.88. The molecule has 0 unspecified atom stereocenters. The molecule has 0 nitrogen and oxygen atoms in total. The van der Waals surface area contributed by atoms with Crippen LogP contribution in [0.15, 0.2) is 0 Å². The Labute approximate surface area is 66.0 Å². The summed E-state index contributed by atoms with van der Waals surface area (Å²) in [7, 11) is 0. The van der Waals surface area contributed by atoms with Crippen LogP contribution in [0.5, 0.6) is 0 Å². The standard InChI is InChI=1S/C10H22/c1-4-7-9-10(6-3)8-5-2/h10H,4-9H2,1-3H3/t10-/m0/s1. The van der Waals surface area contributed by atoms with Crippen molar-refractivity contribution in [2.24, 2.45) is 5.92 Å². The molecule has 0 saturated carbocycles. The molecule has 1 atom stereocenters. The van der Waals surface area contributed by atoms with Crippen molar-refractivity contribution in [3.05, 3.63) is 0 Å². The van der Waals surface area contributed by atoms with Crippen molar-refractivity contribution in [1.82, 2.24) is 0 Å². The van der Waals surface area contributed by atoms with Crippen LogP contribution in [0.2, 0.25) is 0 Å². The zero-order valence-corrected chi connectivity index (χ0v) is 7.82. The van der Waals surface area contributed by atoms with Crippen molar-refractivity contribution in [2.75, 3.05) is 0 Å². The van der Waals surface area contributed by atoms with E-state index < -0.39 is 0 Å². The maximum Gasteiger partial charge on any atom is -0.0417 e. The fourth-order valence-electron chi connectivity index (χ4n) is 1.45. The van der Waals surface area contributed by atoms with E-state index >= 15 is 0 Å². The first kappa shape index (κ1) is 10.0. The molecule has 0 aliphatic carbocycles. The Morgan fingerprint density at radius 2 is 1.60 bits per heavy atom. The summed E-state index contributed by atoms with van der Waals surface area (Å²) in [6, 6.07) is 0. The number of rotatable bonds is 6. The molecule has 0 bridgehead atoms. The van der Waals surface area contributed by atoms with Gasteiger partial charge >= 0.3 is 0 Å². The molecule has 0 saturated heterocycles. The molecule has 0 fully saturated rings. The van der Waals surface area contributed by atoms with Crippen LogP contribution in [0, 0.1) is 5.92 Å². The highest BCUT2D eigenvalue weighted by atomic mass is 14.1. The van der Waals surface area contributed by atoms with E-state index in [1.54, 1.807) is 0 Å². The topological polar surface area (TPSA) is 0 Å². The summed E-state index contributed by atoms with van der Waals surface area (Å²) in [5.41, 5.74) is 0. The van der Waals surface area contributed by atoms with E-state index in [1.165, 1.54) is 38.5 Å². The van der Waals surface area contributed by atoms with Crippen LogP contribution in [0.4, 0.5) is 0 Å². The highest BCUT2D eigenvalue weighted by Crippen LogP contribution is 2.17. The van der Waals surface area contributed by atoms with Crippen LogP contribution in [0.1, 0.15) is 59.3 Å². The van der Waals surface area contributed by atoms with E-state index in [9.17, 15) is 0 Å². The van der Waals surface area contributed by atoms with E-state index in [0.29, 0.717) is 0 Å². The molecule has 0 aliphatic rings. The monoisotopic (exact) mass is 142 g/mol. The lowest BCUT2D eigenvalue weighted by Crippen LogP contribution is -1.97. The summed E-state index contributed by atoms with van der Waals surface area (Å²) < 4.78 is 0. The van der Waals surface area contributed by atoms with Crippen molar-refractivity contribution in [3.8, 4) is 0 Å². The first-order valence-electron chi connectivity index (χ1n) is 4.85. The molecule has 0 heteroatoms. The largest absolute Gasteiger partial charge is 0.0654 e. The van der Waals surface area contributed by atoms with Gasteiger partial charge in [-0.2, -0.15) is 0 Å². The summed E-state index contributed by atoms with van der Waals surface area (Å²) in [4.78, 5) is 0. The van der Waals surface area contributed by atoms with Crippen LogP contribution in [-0.2, 0) is 0 Å². The molecule has 0 rings (SSSR count). The van der Waals surface area contributed by atoms with Crippen molar-refractivity contribution in [1.29, 1.82) is 0 Å². The molecule has 0 radical (unpaired) electrons. The molecular weight excluding hydrogens is 120 g/mol. The fraction of sp³-hybridized carbons (Fsp3) is 1.00. The lowest BCUT2D eigenvalue weighted by atomic mass is 9.95. The van der Waals surface area contributed by atoms with Crippen molar-refractivity contribution in [3.63, 3.8) is 0 Å². The van der Waals surface area contributed by atoms with Crippen molar-refractivity contribution < 1.29 is 0 Å². The van der Waals surface area contributed by atoms with Gasteiger partial charge in [0.15, 0.2) is 0 Å². The molecule has 62 valence electrons. The zero-order chi connectivity index (χ0) is 7.82. The molecule has 0 amide bonds. The van der Waals surface area contributed by atoms with Gasteiger partial charge in [-0.25, -0.2) is 0 Å². The van der Waals surface area contributed by atoms with Gasteiger partial charge in [-0.15, -0.1) is 0 Å². The lowest BCUT2D eigenvalue weighted by Gasteiger charge is -2.11. The van der Waals surface area contributed by atoms with Gasteiger partial charge in [0.2, 0.25) is 0 Å². The molecular formula is C10H22. The lowest BCUT2D eigenvalue weighted by molar-refractivity contribution is 0.417. The Balaban J connectivity index is 3.21. The van der Waals surface area contributed by atoms with Crippen LogP contribution in [0.3, 0.4) is 0 Å². The van der Waals surface area contributed by atoms with E-state index in [1.807, 2.05) is 0 Å². The van der Waals surface area contributed by atoms with Crippen LogP contribution < -0.4 is 0 Å². The Kier molecular flexibility index (Phi) is 7.11. The Hall–Kier alpha value is 0. The third kappa shape index (κ3) is 4.84. The van der Waals surface area contributed by atoms with Gasteiger partial charge in [-0.05, 0) is 5.92 Å². The average Bonchev–Trinajstić information content (AvgIpc) is 1.98. The first-order chi connectivity index (χ1) is 4.85. The molecule has 0 N–H and O–H groups in total. The van der Waals surface area contributed by atoms with E-state index in [0.717, 1.165) is 5.92 Å². The summed E-state index contributed by atoms with van der Waals surface area (Å²) in [6.07, 6.45) is 8.44. The van der Waals surface area contributed by atoms with Crippen LogP contribution in [-0.4, -0.2) is 0 Å². The molecule has 0 spiro atoms. The van der Waals surface area contributed by atoms with Gasteiger partial charge in [-0.1, -0.05) is 59.3 Å². The number of hydrogen-bond donors (Lipinski definition) is 0. The minimum absolute atomic E-state index is 1.02. The van der Waals surface area contributed by atoms with Crippen LogP contribution >= 0.6 is 0 Å². The molecule has 0 heterocycles. The van der Waals surface area contributed by atoms with Crippen LogP contribution in [0.25, 0.3) is 0 Å². The maximum atomic E-state index is 2.32. The number of unbranched alkanes of at least 4 members (excludes halogenated alkanes) is 1. The predicted octanol–water partition coefficient (Wildman–Crippen LogP) is 4.00. The minimum atomic E-state index is 1.02. The Bertz CT molecular complexity index is 57.1. The fourth-order valence-corrected chi connectivity index (χ4v) is 1.45. The maximum absolute atomic E-state index is 2.32. The van der Waals surface area contributed by atoms with E-state index in [-0.39, 0.29) is 0 Å². The van der Waals surface area contributed by atoms with E-state index in [2.05, 4.69) is 20.8 Å². The number of hydrogen-bond acceptors (Lipinski definition) is 0. The third-order valence-corrected chi connectivity index (χ3v) is 2.24. The molecule has 10 heavy (non-hydrogen) atoms. The molecule has 0 aromatic carbocycles. The van der Waals surface area contributed by atoms with Gasteiger partial charge in [0.1, 0.15) is 0 Å². The minimum Gasteiger partial charge on any atom is -0.0654 e. The molecule has 0 aromatic rings. The summed E-state index contributed by atoms with van der Waals surface area (Å²) in [5, 5.41) is 0. The smallest absolute Gasteiger partial charge is 0.0417 e. The SMILES string of the molecule is CCCC[C@@H](CC)CCC. The second kappa shape index (κ2) is 7.11. The average molecular weight is 142 g/mol. The van der Waals surface area contributed by atoms with Gasteiger partial charge in [0.05, 0.1) is 0 Å². The molecule has 0 aliphatic heterocycles. The first-order valence-corrected chi connectivity index (χ1v) is 4.85. The summed E-state index contributed by atoms with van der Waals surface area (Å²) >= 11 is 0. The van der Waals surface area contributed by atoms with Gasteiger partial charge < -0.3 is 0 Å². The van der Waals surface area contributed by atoms with E-state index in [4.69, 9.17) is 0 Å². The quantitative estimate of drug-likeness (QED) is 0.526. The van der Waals surface area contributed by atoms with Gasteiger partial charge in [-0.3, -0.25) is 0 Å². The summed E-state index contributed by atoms with van der Waals surface area (Å²) in [5.74, 6) is 1.02. The second-order valence-electron chi connectivity index (χ2n) is 3.21.